The highest BCUT2D eigenvalue weighted by molar-refractivity contribution is 5.93. The van der Waals surface area contributed by atoms with Gasteiger partial charge in [0.2, 0.25) is 0 Å². The minimum Gasteiger partial charge on any atom is -0.466 e. The van der Waals surface area contributed by atoms with Crippen molar-refractivity contribution in [1.82, 2.24) is 4.90 Å². The molecule has 2 atom stereocenters. The first-order valence-corrected chi connectivity index (χ1v) is 7.67. The SMILES string of the molecule is CCOC(=O)[C@@H]1CN(C(=O)C(F)(F)F)CCC1C1=CC(=O)CC=C1. The summed E-state index contributed by atoms with van der Waals surface area (Å²) in [5.41, 5.74) is 0.600. The van der Waals surface area contributed by atoms with Crippen LogP contribution in [0.25, 0.3) is 0 Å². The van der Waals surface area contributed by atoms with Crippen LogP contribution in [0.5, 0.6) is 0 Å². The number of carbonyl (C=O) groups excluding carboxylic acids is 3. The number of hydrogen-bond donors (Lipinski definition) is 0. The Morgan fingerprint density at radius 1 is 1.38 bits per heavy atom. The molecule has 132 valence electrons. The van der Waals surface area contributed by atoms with Crippen LogP contribution in [0.1, 0.15) is 19.8 Å². The van der Waals surface area contributed by atoms with Gasteiger partial charge in [-0.25, -0.2) is 0 Å². The summed E-state index contributed by atoms with van der Waals surface area (Å²) in [6.07, 6.45) is 0.227. The van der Waals surface area contributed by atoms with E-state index in [0.29, 0.717) is 10.5 Å². The number of piperidine rings is 1. The minimum absolute atomic E-state index is 0.0864. The van der Waals surface area contributed by atoms with E-state index in [4.69, 9.17) is 4.74 Å². The molecular formula is C16H18F3NO4. The summed E-state index contributed by atoms with van der Waals surface area (Å²) in [5.74, 6) is -4.11. The summed E-state index contributed by atoms with van der Waals surface area (Å²) in [6.45, 7) is 1.18. The lowest BCUT2D eigenvalue weighted by atomic mass is 9.78. The van der Waals surface area contributed by atoms with Crippen LogP contribution >= 0.6 is 0 Å². The monoisotopic (exact) mass is 345 g/mol. The van der Waals surface area contributed by atoms with Gasteiger partial charge in [-0.05, 0) is 25.0 Å². The Bertz CT molecular complexity index is 595. The van der Waals surface area contributed by atoms with Crippen LogP contribution in [0, 0.1) is 11.8 Å². The molecule has 1 amide bonds. The fourth-order valence-corrected chi connectivity index (χ4v) is 3.04. The van der Waals surface area contributed by atoms with Gasteiger partial charge in [-0.3, -0.25) is 14.4 Å². The smallest absolute Gasteiger partial charge is 0.466 e. The Labute approximate surface area is 137 Å². The van der Waals surface area contributed by atoms with Crippen LogP contribution in [0.15, 0.2) is 23.8 Å². The lowest BCUT2D eigenvalue weighted by molar-refractivity contribution is -0.188. The molecule has 8 heteroatoms. The molecule has 0 spiro atoms. The van der Waals surface area contributed by atoms with Crippen molar-refractivity contribution < 1.29 is 32.3 Å². The highest BCUT2D eigenvalue weighted by Crippen LogP contribution is 2.34. The van der Waals surface area contributed by atoms with E-state index in [1.165, 1.54) is 6.08 Å². The highest BCUT2D eigenvalue weighted by atomic mass is 19.4. The van der Waals surface area contributed by atoms with Gasteiger partial charge in [0.05, 0.1) is 12.5 Å². The number of likely N-dealkylation sites (tertiary alicyclic amines) is 1. The lowest BCUT2D eigenvalue weighted by Gasteiger charge is -2.38. The van der Waals surface area contributed by atoms with Crippen LogP contribution in [0.4, 0.5) is 13.2 Å². The Kier molecular flexibility index (Phi) is 5.46. The molecule has 0 saturated carbocycles. The predicted molar refractivity (Wildman–Crippen MR) is 77.7 cm³/mol. The summed E-state index contributed by atoms with van der Waals surface area (Å²) in [5, 5.41) is 0. The second-order valence-electron chi connectivity index (χ2n) is 5.72. The van der Waals surface area contributed by atoms with Crippen molar-refractivity contribution in [2.24, 2.45) is 11.8 Å². The number of alkyl halides is 3. The van der Waals surface area contributed by atoms with Crippen molar-refractivity contribution in [3.05, 3.63) is 23.8 Å². The first-order valence-electron chi connectivity index (χ1n) is 7.67. The zero-order valence-corrected chi connectivity index (χ0v) is 13.1. The summed E-state index contributed by atoms with van der Waals surface area (Å²) in [7, 11) is 0. The van der Waals surface area contributed by atoms with Crippen molar-refractivity contribution in [2.75, 3.05) is 19.7 Å². The molecule has 24 heavy (non-hydrogen) atoms. The predicted octanol–water partition coefficient (Wildman–Crippen LogP) is 2.03. The van der Waals surface area contributed by atoms with Gasteiger partial charge in [0.25, 0.3) is 0 Å². The molecule has 0 aromatic carbocycles. The number of ketones is 1. The number of carbonyl (C=O) groups is 3. The van der Waals surface area contributed by atoms with Gasteiger partial charge in [0.1, 0.15) is 0 Å². The Hall–Kier alpha value is -2.12. The number of amides is 1. The van der Waals surface area contributed by atoms with Gasteiger partial charge >= 0.3 is 18.1 Å². The standard InChI is InChI=1S/C16H18F3NO4/c1-2-24-14(22)13-9-20(15(23)16(17,18)19)7-6-12(13)10-4-3-5-11(21)8-10/h3-4,8,12-13H,2,5-7,9H2,1H3/t12?,13-/m1/s1. The van der Waals surface area contributed by atoms with Crippen molar-refractivity contribution in [3.63, 3.8) is 0 Å². The van der Waals surface area contributed by atoms with Crippen LogP contribution in [0.3, 0.4) is 0 Å². The zero-order valence-electron chi connectivity index (χ0n) is 13.1. The van der Waals surface area contributed by atoms with Gasteiger partial charge in [-0.2, -0.15) is 13.2 Å². The van der Waals surface area contributed by atoms with Crippen LogP contribution in [-0.4, -0.2) is 48.4 Å². The summed E-state index contributed by atoms with van der Waals surface area (Å²) in [4.78, 5) is 35.8. The Balaban J connectivity index is 2.23. The van der Waals surface area contributed by atoms with E-state index in [0.717, 1.165) is 0 Å². The van der Waals surface area contributed by atoms with Gasteiger partial charge in [-0.15, -0.1) is 0 Å². The molecule has 0 N–H and O–H groups in total. The van der Waals surface area contributed by atoms with E-state index in [2.05, 4.69) is 0 Å². The summed E-state index contributed by atoms with van der Waals surface area (Å²) >= 11 is 0. The molecule has 5 nitrogen and oxygen atoms in total. The molecule has 2 rings (SSSR count). The van der Waals surface area contributed by atoms with Gasteiger partial charge in [0.15, 0.2) is 5.78 Å². The van der Waals surface area contributed by atoms with E-state index >= 15 is 0 Å². The molecule has 1 aliphatic heterocycles. The second-order valence-corrected chi connectivity index (χ2v) is 5.72. The van der Waals surface area contributed by atoms with Crippen molar-refractivity contribution in [2.45, 2.75) is 25.9 Å². The summed E-state index contributed by atoms with van der Waals surface area (Å²) in [6, 6.07) is 0. The largest absolute Gasteiger partial charge is 0.471 e. The molecule has 0 bridgehead atoms. The van der Waals surface area contributed by atoms with Crippen molar-refractivity contribution in [3.8, 4) is 0 Å². The molecule has 2 aliphatic rings. The zero-order chi connectivity index (χ0) is 17.9. The number of esters is 1. The third-order valence-electron chi connectivity index (χ3n) is 4.12. The molecule has 0 aromatic heterocycles. The highest BCUT2D eigenvalue weighted by Gasteiger charge is 2.47. The van der Waals surface area contributed by atoms with E-state index in [-0.39, 0.29) is 38.3 Å². The fraction of sp³-hybridized carbons (Fsp3) is 0.562. The molecule has 1 unspecified atom stereocenters. The van der Waals surface area contributed by atoms with Gasteiger partial charge in [0, 0.05) is 25.4 Å². The van der Waals surface area contributed by atoms with E-state index in [1.54, 1.807) is 19.1 Å². The number of ether oxygens (including phenoxy) is 1. The minimum atomic E-state index is -4.98. The molecule has 0 radical (unpaired) electrons. The maximum absolute atomic E-state index is 12.6. The number of rotatable bonds is 3. The van der Waals surface area contributed by atoms with Crippen molar-refractivity contribution in [1.29, 1.82) is 0 Å². The number of allylic oxidation sites excluding steroid dienone is 4. The van der Waals surface area contributed by atoms with Crippen LogP contribution in [-0.2, 0) is 19.1 Å². The fourth-order valence-electron chi connectivity index (χ4n) is 3.04. The van der Waals surface area contributed by atoms with E-state index in [1.807, 2.05) is 0 Å². The number of halogens is 3. The van der Waals surface area contributed by atoms with Crippen LogP contribution in [0.2, 0.25) is 0 Å². The molecule has 1 heterocycles. The molecule has 0 aromatic rings. The first-order chi connectivity index (χ1) is 11.2. The van der Waals surface area contributed by atoms with E-state index < -0.39 is 29.9 Å². The average molecular weight is 345 g/mol. The molecular weight excluding hydrogens is 327 g/mol. The second kappa shape index (κ2) is 7.19. The number of hydrogen-bond acceptors (Lipinski definition) is 4. The Morgan fingerprint density at radius 3 is 2.67 bits per heavy atom. The topological polar surface area (TPSA) is 63.7 Å². The van der Waals surface area contributed by atoms with Crippen LogP contribution < -0.4 is 0 Å². The summed E-state index contributed by atoms with van der Waals surface area (Å²) < 4.78 is 42.9. The Morgan fingerprint density at radius 2 is 2.08 bits per heavy atom. The maximum atomic E-state index is 12.6. The molecule has 1 saturated heterocycles. The maximum Gasteiger partial charge on any atom is 0.471 e. The third kappa shape index (κ3) is 4.04. The third-order valence-corrected chi connectivity index (χ3v) is 4.12. The average Bonchev–Trinajstić information content (AvgIpc) is 2.53. The quantitative estimate of drug-likeness (QED) is 0.734. The molecule has 1 fully saturated rings. The first kappa shape index (κ1) is 18.2. The lowest BCUT2D eigenvalue weighted by Crippen LogP contribution is -2.51. The van der Waals surface area contributed by atoms with Gasteiger partial charge < -0.3 is 9.64 Å². The normalized spacial score (nSPS) is 24.6. The van der Waals surface area contributed by atoms with E-state index in [9.17, 15) is 27.6 Å². The van der Waals surface area contributed by atoms with Crippen molar-refractivity contribution >= 4 is 17.7 Å². The number of nitrogens with zero attached hydrogens (tertiary/aromatic N) is 1. The van der Waals surface area contributed by atoms with Gasteiger partial charge in [-0.1, -0.05) is 12.2 Å². The molecule has 1 aliphatic carbocycles.